The number of para-hydroxylation sites is 1. The zero-order valence-corrected chi connectivity index (χ0v) is 11.9. The summed E-state index contributed by atoms with van der Waals surface area (Å²) in [6.07, 6.45) is 0. The molecule has 3 aromatic rings. The van der Waals surface area contributed by atoms with Crippen LogP contribution < -0.4 is 11.1 Å². The van der Waals surface area contributed by atoms with Gasteiger partial charge in [0.2, 0.25) is 5.76 Å². The number of fused-ring (bicyclic) bond motifs is 1. The van der Waals surface area contributed by atoms with Gasteiger partial charge in [-0.1, -0.05) is 12.1 Å². The molecule has 0 saturated heterocycles. The minimum absolute atomic E-state index is 0.0727. The van der Waals surface area contributed by atoms with Crippen molar-refractivity contribution in [3.05, 3.63) is 46.1 Å². The molecule has 0 spiro atoms. The number of nitrogens with one attached hydrogen (secondary N) is 1. The maximum atomic E-state index is 12.2. The second-order valence-electron chi connectivity index (χ2n) is 4.37. The van der Waals surface area contributed by atoms with E-state index >= 15 is 0 Å². The Bertz CT molecular complexity index is 850. The maximum absolute atomic E-state index is 12.2. The molecule has 0 aliphatic carbocycles. The molecule has 1 aromatic carbocycles. The minimum atomic E-state index is -0.740. The molecular weight excluding hydrogens is 290 g/mol. The summed E-state index contributed by atoms with van der Waals surface area (Å²) >= 11 is 1.37. The van der Waals surface area contributed by atoms with Crippen LogP contribution in [0.4, 0.5) is 5.69 Å². The van der Waals surface area contributed by atoms with Crippen molar-refractivity contribution in [2.24, 2.45) is 5.73 Å². The summed E-state index contributed by atoms with van der Waals surface area (Å²) in [5.74, 6) is -1.22. The van der Waals surface area contributed by atoms with E-state index in [1.165, 1.54) is 11.3 Å². The van der Waals surface area contributed by atoms with Gasteiger partial charge in [0.05, 0.1) is 5.01 Å². The van der Waals surface area contributed by atoms with E-state index in [0.717, 1.165) is 5.01 Å². The fraction of sp³-hybridized carbons (Fsp3) is 0.0714. The van der Waals surface area contributed by atoms with E-state index < -0.39 is 11.8 Å². The van der Waals surface area contributed by atoms with Gasteiger partial charge in [0.1, 0.15) is 17.0 Å². The highest BCUT2D eigenvalue weighted by Crippen LogP contribution is 2.30. The fourth-order valence-electron chi connectivity index (χ4n) is 1.99. The molecular formula is C14H11N3O3S. The first-order valence-electron chi connectivity index (χ1n) is 6.11. The third-order valence-corrected chi connectivity index (χ3v) is 3.68. The van der Waals surface area contributed by atoms with E-state index in [1.54, 1.807) is 29.6 Å². The number of nitrogens with two attached hydrogens (primary N) is 1. The van der Waals surface area contributed by atoms with Gasteiger partial charge in [0, 0.05) is 10.8 Å². The molecule has 3 N–H and O–H groups in total. The zero-order chi connectivity index (χ0) is 15.0. The molecule has 0 unspecified atom stereocenters. The summed E-state index contributed by atoms with van der Waals surface area (Å²) < 4.78 is 5.40. The largest absolute Gasteiger partial charge is 0.449 e. The number of thiazole rings is 1. The normalized spacial score (nSPS) is 10.7. The highest BCUT2D eigenvalue weighted by Gasteiger charge is 2.21. The summed E-state index contributed by atoms with van der Waals surface area (Å²) in [6, 6.07) is 6.99. The summed E-state index contributed by atoms with van der Waals surface area (Å²) in [4.78, 5) is 27.8. The average molecular weight is 301 g/mol. The highest BCUT2D eigenvalue weighted by atomic mass is 32.1. The molecule has 21 heavy (non-hydrogen) atoms. The first-order chi connectivity index (χ1) is 10.1. The SMILES string of the molecule is Cc1nc(C(=O)Nc2c(C(N)=O)oc3ccccc23)cs1. The van der Waals surface area contributed by atoms with Crippen LogP contribution in [0.15, 0.2) is 34.1 Å². The van der Waals surface area contributed by atoms with E-state index in [-0.39, 0.29) is 11.4 Å². The summed E-state index contributed by atoms with van der Waals surface area (Å²) in [7, 11) is 0. The molecule has 0 aliphatic rings. The monoisotopic (exact) mass is 301 g/mol. The minimum Gasteiger partial charge on any atom is -0.449 e. The number of carbonyl (C=O) groups excluding carboxylic acids is 2. The van der Waals surface area contributed by atoms with Gasteiger partial charge in [-0.05, 0) is 19.1 Å². The lowest BCUT2D eigenvalue weighted by molar-refractivity contribution is 0.0977. The van der Waals surface area contributed by atoms with Crippen LogP contribution in [0.25, 0.3) is 11.0 Å². The van der Waals surface area contributed by atoms with Gasteiger partial charge in [-0.15, -0.1) is 11.3 Å². The number of hydrogen-bond donors (Lipinski definition) is 2. The molecule has 2 heterocycles. The summed E-state index contributed by atoms with van der Waals surface area (Å²) in [5, 5.41) is 5.71. The fourth-order valence-corrected chi connectivity index (χ4v) is 2.58. The molecule has 106 valence electrons. The molecule has 2 aromatic heterocycles. The molecule has 0 radical (unpaired) electrons. The quantitative estimate of drug-likeness (QED) is 0.776. The van der Waals surface area contributed by atoms with Gasteiger partial charge >= 0.3 is 0 Å². The molecule has 6 nitrogen and oxygen atoms in total. The van der Waals surface area contributed by atoms with E-state index in [0.29, 0.717) is 16.7 Å². The second kappa shape index (κ2) is 5.02. The van der Waals surface area contributed by atoms with Crippen molar-refractivity contribution in [3.8, 4) is 0 Å². The molecule has 3 rings (SSSR count). The first kappa shape index (κ1) is 13.3. The number of nitrogens with zero attached hydrogens (tertiary/aromatic N) is 1. The van der Waals surface area contributed by atoms with Crippen LogP contribution in [-0.2, 0) is 0 Å². The van der Waals surface area contributed by atoms with E-state index in [9.17, 15) is 9.59 Å². The average Bonchev–Trinajstić information content (AvgIpc) is 3.03. The van der Waals surface area contributed by atoms with Crippen LogP contribution in [0.1, 0.15) is 26.1 Å². The Labute approximate surface area is 123 Å². The third kappa shape index (κ3) is 2.38. The number of amides is 2. The molecule has 0 saturated carbocycles. The van der Waals surface area contributed by atoms with Crippen molar-refractivity contribution in [2.45, 2.75) is 6.92 Å². The molecule has 2 amide bonds. The molecule has 0 bridgehead atoms. The van der Waals surface area contributed by atoms with Crippen molar-refractivity contribution >= 4 is 39.8 Å². The maximum Gasteiger partial charge on any atom is 0.286 e. The molecule has 7 heteroatoms. The smallest absolute Gasteiger partial charge is 0.286 e. The third-order valence-electron chi connectivity index (χ3n) is 2.91. The Hall–Kier alpha value is -2.67. The second-order valence-corrected chi connectivity index (χ2v) is 5.43. The molecule has 0 fully saturated rings. The number of aryl methyl sites for hydroxylation is 1. The molecule has 0 aliphatic heterocycles. The number of benzene rings is 1. The van der Waals surface area contributed by atoms with Crippen LogP contribution in [-0.4, -0.2) is 16.8 Å². The summed E-state index contributed by atoms with van der Waals surface area (Å²) in [5.41, 5.74) is 6.34. The number of rotatable bonds is 3. The van der Waals surface area contributed by atoms with Gasteiger partial charge in [0.25, 0.3) is 11.8 Å². The Morgan fingerprint density at radius 3 is 2.76 bits per heavy atom. The number of anilines is 1. The number of aromatic nitrogens is 1. The van der Waals surface area contributed by atoms with Crippen molar-refractivity contribution in [1.82, 2.24) is 4.98 Å². The number of furan rings is 1. The van der Waals surface area contributed by atoms with Crippen LogP contribution >= 0.6 is 11.3 Å². The Morgan fingerprint density at radius 2 is 2.10 bits per heavy atom. The number of primary amides is 1. The van der Waals surface area contributed by atoms with Crippen molar-refractivity contribution in [3.63, 3.8) is 0 Å². The first-order valence-corrected chi connectivity index (χ1v) is 6.99. The summed E-state index contributed by atoms with van der Waals surface area (Å²) in [6.45, 7) is 1.81. The van der Waals surface area contributed by atoms with Gasteiger partial charge < -0.3 is 15.5 Å². The lowest BCUT2D eigenvalue weighted by atomic mass is 10.2. The number of hydrogen-bond acceptors (Lipinski definition) is 5. The van der Waals surface area contributed by atoms with Crippen LogP contribution in [0.3, 0.4) is 0 Å². The number of carbonyl (C=O) groups is 2. The Balaban J connectivity index is 2.05. The van der Waals surface area contributed by atoms with Gasteiger partial charge in [0.15, 0.2) is 0 Å². The lowest BCUT2D eigenvalue weighted by Gasteiger charge is -2.02. The predicted molar refractivity (Wildman–Crippen MR) is 79.5 cm³/mol. The van der Waals surface area contributed by atoms with Crippen LogP contribution in [0.2, 0.25) is 0 Å². The van der Waals surface area contributed by atoms with E-state index in [4.69, 9.17) is 10.2 Å². The topological polar surface area (TPSA) is 98.2 Å². The van der Waals surface area contributed by atoms with Gasteiger partial charge in [-0.3, -0.25) is 9.59 Å². The van der Waals surface area contributed by atoms with E-state index in [1.807, 2.05) is 6.92 Å². The molecule has 0 atom stereocenters. The predicted octanol–water partition coefficient (Wildman–Crippen LogP) is 2.55. The van der Waals surface area contributed by atoms with Crippen molar-refractivity contribution in [1.29, 1.82) is 0 Å². The van der Waals surface area contributed by atoms with Crippen LogP contribution in [0.5, 0.6) is 0 Å². The van der Waals surface area contributed by atoms with E-state index in [2.05, 4.69) is 10.3 Å². The Morgan fingerprint density at radius 1 is 1.33 bits per heavy atom. The standard InChI is InChI=1S/C14H11N3O3S/c1-7-16-9(6-21-7)14(19)17-11-8-4-2-3-5-10(8)20-12(11)13(15)18/h2-6H,1H3,(H2,15,18)(H,17,19). The van der Waals surface area contributed by atoms with Gasteiger partial charge in [-0.2, -0.15) is 0 Å². The van der Waals surface area contributed by atoms with Gasteiger partial charge in [-0.25, -0.2) is 4.98 Å². The highest BCUT2D eigenvalue weighted by molar-refractivity contribution is 7.09. The zero-order valence-electron chi connectivity index (χ0n) is 11.0. The van der Waals surface area contributed by atoms with Crippen LogP contribution in [0, 0.1) is 6.92 Å². The van der Waals surface area contributed by atoms with Crippen molar-refractivity contribution in [2.75, 3.05) is 5.32 Å². The van der Waals surface area contributed by atoms with Crippen molar-refractivity contribution < 1.29 is 14.0 Å². The lowest BCUT2D eigenvalue weighted by Crippen LogP contribution is -2.17. The Kier molecular flexibility index (Phi) is 3.19.